The van der Waals surface area contributed by atoms with Crippen molar-refractivity contribution in [2.24, 2.45) is 0 Å². The predicted molar refractivity (Wildman–Crippen MR) is 93.8 cm³/mol. The highest BCUT2D eigenvalue weighted by Gasteiger charge is 2.15. The van der Waals surface area contributed by atoms with Crippen molar-refractivity contribution in [3.8, 4) is 0 Å². The first kappa shape index (κ1) is 15.6. The van der Waals surface area contributed by atoms with Crippen LogP contribution in [0.2, 0.25) is 0 Å². The third-order valence-electron chi connectivity index (χ3n) is 4.62. The summed E-state index contributed by atoms with van der Waals surface area (Å²) in [7, 11) is 0. The van der Waals surface area contributed by atoms with Crippen LogP contribution in [0.15, 0.2) is 47.4 Å². The van der Waals surface area contributed by atoms with Crippen LogP contribution < -0.4 is 5.56 Å². The second-order valence-electron chi connectivity index (χ2n) is 6.38. The summed E-state index contributed by atoms with van der Waals surface area (Å²) in [6.45, 7) is 1.87. The van der Waals surface area contributed by atoms with E-state index in [0.29, 0.717) is 16.9 Å². The molecule has 5 nitrogen and oxygen atoms in total. The predicted octanol–water partition coefficient (Wildman–Crippen LogP) is 2.85. The van der Waals surface area contributed by atoms with E-state index in [1.807, 2.05) is 25.1 Å². The summed E-state index contributed by atoms with van der Waals surface area (Å²) in [6, 6.07) is 10.8. The van der Waals surface area contributed by atoms with Gasteiger partial charge in [-0.25, -0.2) is 9.78 Å². The van der Waals surface area contributed by atoms with E-state index < -0.39 is 0 Å². The lowest BCUT2D eigenvalue weighted by atomic mass is 10.1. The van der Waals surface area contributed by atoms with Crippen LogP contribution in [-0.2, 0) is 24.2 Å². The van der Waals surface area contributed by atoms with Crippen LogP contribution in [0.1, 0.15) is 39.2 Å². The topological polar surface area (TPSA) is 60.7 Å². The van der Waals surface area contributed by atoms with Gasteiger partial charge in [0.15, 0.2) is 0 Å². The molecule has 0 saturated carbocycles. The van der Waals surface area contributed by atoms with E-state index in [4.69, 9.17) is 4.74 Å². The number of fused-ring (bicyclic) bond motifs is 2. The van der Waals surface area contributed by atoms with Gasteiger partial charge in [-0.15, -0.1) is 0 Å². The molecule has 0 unspecified atom stereocenters. The van der Waals surface area contributed by atoms with Gasteiger partial charge in [0.25, 0.3) is 5.56 Å². The molecule has 25 heavy (non-hydrogen) atoms. The lowest BCUT2D eigenvalue weighted by molar-refractivity contribution is 0.0467. The van der Waals surface area contributed by atoms with Gasteiger partial charge in [0.1, 0.15) is 12.3 Å². The van der Waals surface area contributed by atoms with Crippen LogP contribution >= 0.6 is 0 Å². The number of esters is 1. The number of aryl methyl sites for hydroxylation is 3. The Morgan fingerprint density at radius 1 is 1.20 bits per heavy atom. The molecule has 0 aliphatic heterocycles. The minimum Gasteiger partial charge on any atom is -0.456 e. The molecule has 0 radical (unpaired) electrons. The Labute approximate surface area is 144 Å². The fourth-order valence-electron chi connectivity index (χ4n) is 3.30. The normalized spacial score (nSPS) is 13.0. The minimum absolute atomic E-state index is 0.0179. The molecule has 2 aromatic heterocycles. The van der Waals surface area contributed by atoms with Gasteiger partial charge in [0, 0.05) is 12.3 Å². The average molecular weight is 334 g/mol. The molecule has 3 aromatic rings. The second-order valence-corrected chi connectivity index (χ2v) is 6.38. The fourth-order valence-corrected chi connectivity index (χ4v) is 3.30. The van der Waals surface area contributed by atoms with Crippen molar-refractivity contribution in [2.45, 2.75) is 32.8 Å². The molecule has 0 bridgehead atoms. The maximum absolute atomic E-state index is 12.3. The van der Waals surface area contributed by atoms with Crippen molar-refractivity contribution < 1.29 is 9.53 Å². The number of aromatic nitrogens is 2. The van der Waals surface area contributed by atoms with Crippen LogP contribution in [0.25, 0.3) is 5.65 Å². The number of hydrogen-bond donors (Lipinski definition) is 0. The monoisotopic (exact) mass is 334 g/mol. The van der Waals surface area contributed by atoms with Crippen molar-refractivity contribution >= 4 is 11.6 Å². The van der Waals surface area contributed by atoms with Crippen molar-refractivity contribution in [3.05, 3.63) is 80.9 Å². The summed E-state index contributed by atoms with van der Waals surface area (Å²) in [6.07, 6.45) is 4.91. The smallest absolute Gasteiger partial charge is 0.338 e. The van der Waals surface area contributed by atoms with Gasteiger partial charge < -0.3 is 4.74 Å². The number of nitrogens with zero attached hydrogens (tertiary/aromatic N) is 2. The van der Waals surface area contributed by atoms with Gasteiger partial charge in [-0.1, -0.05) is 12.1 Å². The van der Waals surface area contributed by atoms with Crippen molar-refractivity contribution in [1.29, 1.82) is 0 Å². The maximum atomic E-state index is 12.3. The number of benzene rings is 1. The largest absolute Gasteiger partial charge is 0.456 e. The standard InChI is InChI=1S/C20H18N2O3/c1-13-4-3-9-22-18(23)11-17(21-19(13)22)12-25-20(24)16-8-7-14-5-2-6-15(14)10-16/h3-4,7-11H,2,5-6,12H2,1H3. The maximum Gasteiger partial charge on any atom is 0.338 e. The fraction of sp³-hybridized carbons (Fsp3) is 0.250. The third-order valence-corrected chi connectivity index (χ3v) is 4.62. The molecular weight excluding hydrogens is 316 g/mol. The van der Waals surface area contributed by atoms with Crippen molar-refractivity contribution in [1.82, 2.24) is 9.38 Å². The number of rotatable bonds is 3. The summed E-state index contributed by atoms with van der Waals surface area (Å²) in [5.74, 6) is -0.388. The zero-order chi connectivity index (χ0) is 17.4. The van der Waals surface area contributed by atoms with Crippen LogP contribution in [0.5, 0.6) is 0 Å². The van der Waals surface area contributed by atoms with E-state index in [1.54, 1.807) is 18.3 Å². The van der Waals surface area contributed by atoms with Crippen LogP contribution in [0.4, 0.5) is 0 Å². The first-order valence-electron chi connectivity index (χ1n) is 8.39. The van der Waals surface area contributed by atoms with Gasteiger partial charge in [-0.2, -0.15) is 0 Å². The molecule has 0 N–H and O–H groups in total. The molecule has 5 heteroatoms. The summed E-state index contributed by atoms with van der Waals surface area (Å²) in [5, 5.41) is 0. The Morgan fingerprint density at radius 2 is 2.04 bits per heavy atom. The molecule has 0 amide bonds. The van der Waals surface area contributed by atoms with Crippen molar-refractivity contribution in [3.63, 3.8) is 0 Å². The molecule has 126 valence electrons. The van der Waals surface area contributed by atoms with Crippen LogP contribution in [0, 0.1) is 6.92 Å². The number of pyridine rings is 1. The highest BCUT2D eigenvalue weighted by atomic mass is 16.5. The van der Waals surface area contributed by atoms with Gasteiger partial charge in [0.2, 0.25) is 0 Å². The zero-order valence-corrected chi connectivity index (χ0v) is 14.0. The quantitative estimate of drug-likeness (QED) is 0.691. The first-order chi connectivity index (χ1) is 12.1. The number of ether oxygens (including phenoxy) is 1. The van der Waals surface area contributed by atoms with E-state index in [9.17, 15) is 9.59 Å². The highest BCUT2D eigenvalue weighted by Crippen LogP contribution is 2.23. The molecule has 1 aliphatic rings. The third kappa shape index (κ3) is 2.93. The number of carbonyl (C=O) groups excluding carboxylic acids is 1. The summed E-state index contributed by atoms with van der Waals surface area (Å²) in [5.41, 5.74) is 4.84. The Morgan fingerprint density at radius 3 is 2.92 bits per heavy atom. The molecule has 4 rings (SSSR count). The zero-order valence-electron chi connectivity index (χ0n) is 14.0. The second kappa shape index (κ2) is 6.16. The molecule has 0 spiro atoms. The highest BCUT2D eigenvalue weighted by molar-refractivity contribution is 5.89. The van der Waals surface area contributed by atoms with E-state index >= 15 is 0 Å². The molecule has 2 heterocycles. The van der Waals surface area contributed by atoms with Gasteiger partial charge in [0.05, 0.1) is 11.3 Å². The van der Waals surface area contributed by atoms with Gasteiger partial charge in [-0.05, 0) is 61.1 Å². The molecule has 1 aliphatic carbocycles. The van der Waals surface area contributed by atoms with E-state index in [-0.39, 0.29) is 18.1 Å². The Kier molecular flexibility index (Phi) is 3.84. The van der Waals surface area contributed by atoms with Crippen LogP contribution in [0.3, 0.4) is 0 Å². The summed E-state index contributed by atoms with van der Waals surface area (Å²) >= 11 is 0. The van der Waals surface area contributed by atoms with Gasteiger partial charge >= 0.3 is 5.97 Å². The lowest BCUT2D eigenvalue weighted by Gasteiger charge is -2.08. The minimum atomic E-state index is -0.388. The van der Waals surface area contributed by atoms with Crippen LogP contribution in [-0.4, -0.2) is 15.4 Å². The summed E-state index contributed by atoms with van der Waals surface area (Å²) < 4.78 is 6.86. The first-order valence-corrected chi connectivity index (χ1v) is 8.39. The number of carbonyl (C=O) groups is 1. The molecule has 0 fully saturated rings. The summed E-state index contributed by atoms with van der Waals surface area (Å²) in [4.78, 5) is 28.9. The van der Waals surface area contributed by atoms with E-state index in [0.717, 1.165) is 24.8 Å². The SMILES string of the molecule is Cc1cccn2c(=O)cc(COC(=O)c3ccc4c(c3)CCC4)nc12. The van der Waals surface area contributed by atoms with Gasteiger partial charge in [-0.3, -0.25) is 9.20 Å². The number of hydrogen-bond acceptors (Lipinski definition) is 4. The van der Waals surface area contributed by atoms with Crippen molar-refractivity contribution in [2.75, 3.05) is 0 Å². The lowest BCUT2D eigenvalue weighted by Crippen LogP contribution is -2.17. The average Bonchev–Trinajstić information content (AvgIpc) is 3.08. The van der Waals surface area contributed by atoms with E-state index in [1.165, 1.54) is 21.6 Å². The molecule has 1 aromatic carbocycles. The molecule has 0 atom stereocenters. The Balaban J connectivity index is 1.55. The molecule has 0 saturated heterocycles. The van der Waals surface area contributed by atoms with E-state index in [2.05, 4.69) is 4.98 Å². The molecular formula is C20H18N2O3. The Bertz CT molecular complexity index is 1040. The Hall–Kier alpha value is -2.95.